The fourth-order valence-electron chi connectivity index (χ4n) is 2.89. The summed E-state index contributed by atoms with van der Waals surface area (Å²) in [5, 5.41) is 2.40. The van der Waals surface area contributed by atoms with E-state index in [1.54, 1.807) is 17.0 Å². The van der Waals surface area contributed by atoms with Gasteiger partial charge in [-0.3, -0.25) is 9.59 Å². The third-order valence-electron chi connectivity index (χ3n) is 4.44. The van der Waals surface area contributed by atoms with Crippen LogP contribution in [0.3, 0.4) is 0 Å². The molecule has 0 unspecified atom stereocenters. The van der Waals surface area contributed by atoms with Crippen molar-refractivity contribution in [2.45, 2.75) is 13.5 Å². The second-order valence-electron chi connectivity index (χ2n) is 6.46. The fraction of sp³-hybridized carbons (Fsp3) is 0.130. The van der Waals surface area contributed by atoms with Gasteiger partial charge in [-0.15, -0.1) is 0 Å². The summed E-state index contributed by atoms with van der Waals surface area (Å²) in [6.45, 7) is 2.84. The number of hydrogen-bond acceptors (Lipinski definition) is 2. The molecule has 2 amide bonds. The minimum absolute atomic E-state index is 0.132. The summed E-state index contributed by atoms with van der Waals surface area (Å²) < 4.78 is 26.8. The van der Waals surface area contributed by atoms with E-state index < -0.39 is 17.5 Å². The predicted molar refractivity (Wildman–Crippen MR) is 108 cm³/mol. The van der Waals surface area contributed by atoms with Crippen LogP contribution in [0.5, 0.6) is 0 Å². The van der Waals surface area contributed by atoms with E-state index >= 15 is 0 Å². The molecule has 3 aromatic rings. The zero-order chi connectivity index (χ0) is 20.8. The maximum atomic E-state index is 13.8. The lowest BCUT2D eigenvalue weighted by atomic mass is 10.1. The molecule has 1 N–H and O–H groups in total. The van der Waals surface area contributed by atoms with Gasteiger partial charge in [-0.2, -0.15) is 0 Å². The third kappa shape index (κ3) is 5.04. The van der Waals surface area contributed by atoms with E-state index in [4.69, 9.17) is 0 Å². The number of nitrogens with zero attached hydrogens (tertiary/aromatic N) is 1. The molecule has 0 aliphatic heterocycles. The molecule has 3 aromatic carbocycles. The summed E-state index contributed by atoms with van der Waals surface area (Å²) in [6, 6.07) is 18.7. The first kappa shape index (κ1) is 20.2. The van der Waals surface area contributed by atoms with Gasteiger partial charge >= 0.3 is 0 Å². The highest BCUT2D eigenvalue weighted by Gasteiger charge is 2.17. The minimum atomic E-state index is -0.870. The number of nitrogens with one attached hydrogen (secondary N) is 1. The van der Waals surface area contributed by atoms with Gasteiger partial charge in [-0.1, -0.05) is 36.4 Å². The Morgan fingerprint density at radius 3 is 2.31 bits per heavy atom. The van der Waals surface area contributed by atoms with E-state index in [0.717, 1.165) is 17.7 Å². The highest BCUT2D eigenvalue weighted by molar-refractivity contribution is 6.06. The molecule has 29 heavy (non-hydrogen) atoms. The van der Waals surface area contributed by atoms with Crippen molar-refractivity contribution in [3.8, 4) is 0 Å². The van der Waals surface area contributed by atoms with E-state index in [-0.39, 0.29) is 17.2 Å². The van der Waals surface area contributed by atoms with Crippen LogP contribution in [-0.4, -0.2) is 23.3 Å². The Kier molecular flexibility index (Phi) is 6.34. The van der Waals surface area contributed by atoms with Crippen LogP contribution in [0.25, 0.3) is 0 Å². The van der Waals surface area contributed by atoms with Crippen LogP contribution < -0.4 is 5.32 Å². The SMILES string of the molecule is CCN(Cc1ccccc1)C(=O)c1cccc(C(=O)Nc2ccc(F)cc2F)c1. The molecule has 0 saturated heterocycles. The Morgan fingerprint density at radius 2 is 1.62 bits per heavy atom. The first-order chi connectivity index (χ1) is 14.0. The quantitative estimate of drug-likeness (QED) is 0.648. The van der Waals surface area contributed by atoms with Crippen molar-refractivity contribution in [2.24, 2.45) is 0 Å². The smallest absolute Gasteiger partial charge is 0.255 e. The molecule has 0 aliphatic rings. The summed E-state index contributed by atoms with van der Waals surface area (Å²) in [5.41, 5.74) is 1.43. The molecule has 0 aromatic heterocycles. The lowest BCUT2D eigenvalue weighted by Gasteiger charge is -2.21. The van der Waals surface area contributed by atoms with Crippen LogP contribution in [0.15, 0.2) is 72.8 Å². The molecule has 0 bridgehead atoms. The van der Waals surface area contributed by atoms with Crippen molar-refractivity contribution in [1.82, 2.24) is 4.90 Å². The van der Waals surface area contributed by atoms with Crippen LogP contribution >= 0.6 is 0 Å². The fourth-order valence-corrected chi connectivity index (χ4v) is 2.89. The van der Waals surface area contributed by atoms with Gasteiger partial charge in [0, 0.05) is 30.3 Å². The molecule has 0 atom stereocenters. The monoisotopic (exact) mass is 394 g/mol. The Labute approximate surface area is 167 Å². The summed E-state index contributed by atoms with van der Waals surface area (Å²) in [5.74, 6) is -2.40. The molecule has 0 radical (unpaired) electrons. The average Bonchev–Trinajstić information content (AvgIpc) is 2.74. The predicted octanol–water partition coefficient (Wildman–Crippen LogP) is 4.88. The number of anilines is 1. The molecule has 0 aliphatic carbocycles. The number of hydrogen-bond donors (Lipinski definition) is 1. The van der Waals surface area contributed by atoms with Crippen molar-refractivity contribution < 1.29 is 18.4 Å². The second kappa shape index (κ2) is 9.10. The number of amides is 2. The normalized spacial score (nSPS) is 10.4. The summed E-state index contributed by atoms with van der Waals surface area (Å²) in [7, 11) is 0. The molecule has 0 saturated carbocycles. The molecule has 3 rings (SSSR count). The second-order valence-corrected chi connectivity index (χ2v) is 6.46. The van der Waals surface area contributed by atoms with Gasteiger partial charge in [0.15, 0.2) is 0 Å². The van der Waals surface area contributed by atoms with E-state index in [1.807, 2.05) is 37.3 Å². The van der Waals surface area contributed by atoms with Gasteiger partial charge in [-0.05, 0) is 42.8 Å². The molecule has 0 heterocycles. The van der Waals surface area contributed by atoms with Crippen molar-refractivity contribution in [3.63, 3.8) is 0 Å². The number of halogens is 2. The Morgan fingerprint density at radius 1 is 0.897 bits per heavy atom. The average molecular weight is 394 g/mol. The van der Waals surface area contributed by atoms with E-state index in [9.17, 15) is 18.4 Å². The highest BCUT2D eigenvalue weighted by atomic mass is 19.1. The Hall–Kier alpha value is -3.54. The van der Waals surface area contributed by atoms with Gasteiger partial charge in [-0.25, -0.2) is 8.78 Å². The van der Waals surface area contributed by atoms with Crippen molar-refractivity contribution in [3.05, 3.63) is 101 Å². The summed E-state index contributed by atoms with van der Waals surface area (Å²) >= 11 is 0. The van der Waals surface area contributed by atoms with Crippen molar-refractivity contribution in [2.75, 3.05) is 11.9 Å². The largest absolute Gasteiger partial charge is 0.335 e. The van der Waals surface area contributed by atoms with E-state index in [0.29, 0.717) is 24.7 Å². The van der Waals surface area contributed by atoms with Crippen LogP contribution in [0, 0.1) is 11.6 Å². The molecule has 0 spiro atoms. The van der Waals surface area contributed by atoms with E-state index in [1.165, 1.54) is 12.1 Å². The lowest BCUT2D eigenvalue weighted by Crippen LogP contribution is -2.30. The van der Waals surface area contributed by atoms with Crippen LogP contribution in [0.1, 0.15) is 33.2 Å². The number of carbonyl (C=O) groups is 2. The molecule has 148 valence electrons. The molecular weight excluding hydrogens is 374 g/mol. The van der Waals surface area contributed by atoms with Crippen LogP contribution in [0.2, 0.25) is 0 Å². The molecule has 6 heteroatoms. The maximum absolute atomic E-state index is 13.8. The standard InChI is InChI=1S/C23H20F2N2O2/c1-2-27(15-16-7-4-3-5-8-16)23(29)18-10-6-9-17(13-18)22(28)26-21-12-11-19(24)14-20(21)25/h3-14H,2,15H2,1H3,(H,26,28). The molecular formula is C23H20F2N2O2. The van der Waals surface area contributed by atoms with Gasteiger partial charge in [0.2, 0.25) is 0 Å². The van der Waals surface area contributed by atoms with Crippen LogP contribution in [-0.2, 0) is 6.54 Å². The maximum Gasteiger partial charge on any atom is 0.255 e. The van der Waals surface area contributed by atoms with Crippen LogP contribution in [0.4, 0.5) is 14.5 Å². The van der Waals surface area contributed by atoms with Crippen molar-refractivity contribution in [1.29, 1.82) is 0 Å². The number of benzene rings is 3. The van der Waals surface area contributed by atoms with Gasteiger partial charge in [0.05, 0.1) is 5.69 Å². The Bertz CT molecular complexity index is 1020. The minimum Gasteiger partial charge on any atom is -0.335 e. The van der Waals surface area contributed by atoms with Gasteiger partial charge in [0.1, 0.15) is 11.6 Å². The zero-order valence-electron chi connectivity index (χ0n) is 15.9. The van der Waals surface area contributed by atoms with Gasteiger partial charge in [0.25, 0.3) is 11.8 Å². The first-order valence-electron chi connectivity index (χ1n) is 9.17. The zero-order valence-corrected chi connectivity index (χ0v) is 15.9. The number of rotatable bonds is 6. The Balaban J connectivity index is 1.77. The van der Waals surface area contributed by atoms with Crippen molar-refractivity contribution >= 4 is 17.5 Å². The third-order valence-corrected chi connectivity index (χ3v) is 4.44. The summed E-state index contributed by atoms with van der Waals surface area (Å²) in [6.07, 6.45) is 0. The first-order valence-corrected chi connectivity index (χ1v) is 9.17. The molecule has 0 fully saturated rings. The lowest BCUT2D eigenvalue weighted by molar-refractivity contribution is 0.0752. The molecule has 4 nitrogen and oxygen atoms in total. The van der Waals surface area contributed by atoms with E-state index in [2.05, 4.69) is 5.32 Å². The number of carbonyl (C=O) groups excluding carboxylic acids is 2. The summed E-state index contributed by atoms with van der Waals surface area (Å²) in [4.78, 5) is 27.0. The topological polar surface area (TPSA) is 49.4 Å². The van der Waals surface area contributed by atoms with Gasteiger partial charge < -0.3 is 10.2 Å². The highest BCUT2D eigenvalue weighted by Crippen LogP contribution is 2.17.